The van der Waals surface area contributed by atoms with Crippen LogP contribution in [0.25, 0.3) is 11.0 Å². The van der Waals surface area contributed by atoms with Crippen LogP contribution in [-0.2, 0) is 7.05 Å². The fraction of sp³-hybridized carbons (Fsp3) is 0.188. The Balaban J connectivity index is 2.10. The van der Waals surface area contributed by atoms with Gasteiger partial charge in [-0.2, -0.15) is 0 Å². The molecule has 3 rings (SSSR count). The Labute approximate surface area is 118 Å². The van der Waals surface area contributed by atoms with Crippen molar-refractivity contribution in [3.05, 3.63) is 48.3 Å². The van der Waals surface area contributed by atoms with E-state index in [-0.39, 0.29) is 0 Å². The zero-order valence-corrected chi connectivity index (χ0v) is 12.0. The summed E-state index contributed by atoms with van der Waals surface area (Å²) in [6.45, 7) is 2.07. The smallest absolute Gasteiger partial charge is 0.0955 e. The van der Waals surface area contributed by atoms with Crippen LogP contribution in [0.15, 0.2) is 42.7 Å². The molecule has 20 heavy (non-hydrogen) atoms. The molecule has 1 aromatic heterocycles. The van der Waals surface area contributed by atoms with Crippen LogP contribution in [0.5, 0.6) is 0 Å². The lowest BCUT2D eigenvalue weighted by Crippen LogP contribution is -2.13. The first-order valence-electron chi connectivity index (χ1n) is 6.58. The quantitative estimate of drug-likeness (QED) is 0.724. The molecule has 0 unspecified atom stereocenters. The number of benzene rings is 2. The number of rotatable bonds is 2. The van der Waals surface area contributed by atoms with Gasteiger partial charge in [0, 0.05) is 19.8 Å². The van der Waals surface area contributed by atoms with Crippen LogP contribution in [0.1, 0.15) is 5.56 Å². The van der Waals surface area contributed by atoms with Crippen molar-refractivity contribution in [3.8, 4) is 0 Å². The zero-order valence-electron chi connectivity index (χ0n) is 12.0. The topological polar surface area (TPSA) is 47.1 Å². The summed E-state index contributed by atoms with van der Waals surface area (Å²) >= 11 is 0. The molecule has 2 aromatic carbocycles. The van der Waals surface area contributed by atoms with Gasteiger partial charge < -0.3 is 15.2 Å². The van der Waals surface area contributed by atoms with Crippen molar-refractivity contribution in [2.24, 2.45) is 7.05 Å². The third-order valence-electron chi connectivity index (χ3n) is 3.70. The van der Waals surface area contributed by atoms with Gasteiger partial charge in [0.2, 0.25) is 0 Å². The van der Waals surface area contributed by atoms with E-state index in [2.05, 4.69) is 41.1 Å². The molecule has 0 amide bonds. The molecule has 0 spiro atoms. The van der Waals surface area contributed by atoms with Gasteiger partial charge in [0.25, 0.3) is 0 Å². The molecular formula is C16H18N4. The Bertz CT molecular complexity index is 753. The number of aryl methyl sites for hydroxylation is 2. The number of para-hydroxylation sites is 1. The highest BCUT2D eigenvalue weighted by molar-refractivity contribution is 5.84. The maximum absolute atomic E-state index is 6.11. The van der Waals surface area contributed by atoms with Crippen LogP contribution >= 0.6 is 0 Å². The van der Waals surface area contributed by atoms with Crippen LogP contribution in [0.3, 0.4) is 0 Å². The molecule has 0 aliphatic carbocycles. The summed E-state index contributed by atoms with van der Waals surface area (Å²) in [5, 5.41) is 0. The Morgan fingerprint density at radius 3 is 2.75 bits per heavy atom. The molecule has 0 radical (unpaired) electrons. The minimum absolute atomic E-state index is 0.786. The lowest BCUT2D eigenvalue weighted by atomic mass is 10.1. The minimum atomic E-state index is 0.786. The average Bonchev–Trinajstić information content (AvgIpc) is 2.79. The highest BCUT2D eigenvalue weighted by Crippen LogP contribution is 2.33. The van der Waals surface area contributed by atoms with Gasteiger partial charge in [0.05, 0.1) is 28.7 Å². The van der Waals surface area contributed by atoms with Crippen molar-refractivity contribution in [2.45, 2.75) is 6.92 Å². The predicted molar refractivity (Wildman–Crippen MR) is 84.4 cm³/mol. The summed E-state index contributed by atoms with van der Waals surface area (Å²) in [5.41, 5.74) is 12.3. The number of nitrogens with zero attached hydrogens (tertiary/aromatic N) is 3. The third kappa shape index (κ3) is 1.90. The van der Waals surface area contributed by atoms with Crippen molar-refractivity contribution in [1.29, 1.82) is 0 Å². The monoisotopic (exact) mass is 266 g/mol. The summed E-state index contributed by atoms with van der Waals surface area (Å²) in [7, 11) is 4.03. The van der Waals surface area contributed by atoms with Crippen molar-refractivity contribution in [3.63, 3.8) is 0 Å². The fourth-order valence-electron chi connectivity index (χ4n) is 2.60. The number of nitrogens with two attached hydrogens (primary N) is 1. The van der Waals surface area contributed by atoms with Crippen molar-refractivity contribution in [1.82, 2.24) is 9.55 Å². The molecule has 3 aromatic rings. The second-order valence-corrected chi connectivity index (χ2v) is 5.10. The Morgan fingerprint density at radius 2 is 2.00 bits per heavy atom. The van der Waals surface area contributed by atoms with E-state index >= 15 is 0 Å². The highest BCUT2D eigenvalue weighted by Gasteiger charge is 2.11. The van der Waals surface area contributed by atoms with Gasteiger partial charge in [-0.25, -0.2) is 4.98 Å². The number of aromatic nitrogens is 2. The van der Waals surface area contributed by atoms with Gasteiger partial charge in [0.1, 0.15) is 0 Å². The highest BCUT2D eigenvalue weighted by atomic mass is 15.1. The molecule has 102 valence electrons. The van der Waals surface area contributed by atoms with Crippen LogP contribution in [0, 0.1) is 6.92 Å². The van der Waals surface area contributed by atoms with Crippen molar-refractivity contribution >= 4 is 28.1 Å². The zero-order chi connectivity index (χ0) is 14.3. The third-order valence-corrected chi connectivity index (χ3v) is 3.70. The van der Waals surface area contributed by atoms with E-state index in [1.165, 1.54) is 0 Å². The summed E-state index contributed by atoms with van der Waals surface area (Å²) < 4.78 is 2.02. The number of nitrogen functional groups attached to an aromatic ring is 1. The molecular weight excluding hydrogens is 248 g/mol. The molecule has 0 aliphatic heterocycles. The molecule has 0 saturated heterocycles. The van der Waals surface area contributed by atoms with Gasteiger partial charge in [0.15, 0.2) is 0 Å². The second kappa shape index (κ2) is 4.56. The summed E-state index contributed by atoms with van der Waals surface area (Å²) in [5.74, 6) is 0. The number of fused-ring (bicyclic) bond motifs is 1. The standard InChI is InChI=1S/C16H18N4/c1-11-5-4-6-13(17)16(11)20(3)12-7-8-15-14(9-12)18-10-19(15)2/h4-10H,17H2,1-3H3. The van der Waals surface area contributed by atoms with Crippen molar-refractivity contribution in [2.75, 3.05) is 17.7 Å². The molecule has 0 aliphatic rings. The first-order chi connectivity index (χ1) is 9.58. The van der Waals surface area contributed by atoms with E-state index in [9.17, 15) is 0 Å². The molecule has 0 fully saturated rings. The van der Waals surface area contributed by atoms with Crippen LogP contribution < -0.4 is 10.6 Å². The fourth-order valence-corrected chi connectivity index (χ4v) is 2.60. The van der Waals surface area contributed by atoms with E-state index in [0.29, 0.717) is 0 Å². The number of hydrogen-bond acceptors (Lipinski definition) is 3. The Morgan fingerprint density at radius 1 is 1.20 bits per heavy atom. The first kappa shape index (κ1) is 12.5. The molecule has 4 heteroatoms. The SMILES string of the molecule is Cc1cccc(N)c1N(C)c1ccc2c(c1)ncn2C. The van der Waals surface area contributed by atoms with Gasteiger partial charge in [-0.05, 0) is 36.8 Å². The van der Waals surface area contributed by atoms with Gasteiger partial charge in [-0.1, -0.05) is 12.1 Å². The van der Waals surface area contributed by atoms with Gasteiger partial charge in [-0.15, -0.1) is 0 Å². The van der Waals surface area contributed by atoms with Crippen LogP contribution in [-0.4, -0.2) is 16.6 Å². The molecule has 1 heterocycles. The molecule has 2 N–H and O–H groups in total. The van der Waals surface area contributed by atoms with Crippen LogP contribution in [0.2, 0.25) is 0 Å². The summed E-state index contributed by atoms with van der Waals surface area (Å²) in [6.07, 6.45) is 1.83. The summed E-state index contributed by atoms with van der Waals surface area (Å²) in [6, 6.07) is 12.2. The van der Waals surface area contributed by atoms with E-state index in [1.807, 2.05) is 37.1 Å². The number of hydrogen-bond donors (Lipinski definition) is 1. The molecule has 0 saturated carbocycles. The maximum atomic E-state index is 6.11. The van der Waals surface area contributed by atoms with Gasteiger partial charge >= 0.3 is 0 Å². The largest absolute Gasteiger partial charge is 0.397 e. The van der Waals surface area contributed by atoms with Gasteiger partial charge in [-0.3, -0.25) is 0 Å². The number of anilines is 3. The second-order valence-electron chi connectivity index (χ2n) is 5.10. The number of imidazole rings is 1. The van der Waals surface area contributed by atoms with E-state index in [4.69, 9.17) is 5.73 Å². The minimum Gasteiger partial charge on any atom is -0.397 e. The Kier molecular flexibility index (Phi) is 2.86. The molecule has 0 atom stereocenters. The van der Waals surface area contributed by atoms with E-state index in [0.717, 1.165) is 33.7 Å². The normalized spacial score (nSPS) is 10.9. The maximum Gasteiger partial charge on any atom is 0.0955 e. The van der Waals surface area contributed by atoms with Crippen LogP contribution in [0.4, 0.5) is 17.1 Å². The Hall–Kier alpha value is -2.49. The average molecular weight is 266 g/mol. The predicted octanol–water partition coefficient (Wildman–Crippen LogP) is 3.23. The molecule has 0 bridgehead atoms. The summed E-state index contributed by atoms with van der Waals surface area (Å²) in [4.78, 5) is 6.51. The van der Waals surface area contributed by atoms with E-state index in [1.54, 1.807) is 0 Å². The lowest BCUT2D eigenvalue weighted by Gasteiger charge is -2.23. The van der Waals surface area contributed by atoms with E-state index < -0.39 is 0 Å². The molecule has 4 nitrogen and oxygen atoms in total. The van der Waals surface area contributed by atoms with Crippen molar-refractivity contribution < 1.29 is 0 Å². The first-order valence-corrected chi connectivity index (χ1v) is 6.58. The lowest BCUT2D eigenvalue weighted by molar-refractivity contribution is 0.947.